The predicted octanol–water partition coefficient (Wildman–Crippen LogP) is 1.34. The molecule has 0 bridgehead atoms. The van der Waals surface area contributed by atoms with Crippen molar-refractivity contribution in [1.82, 2.24) is 0 Å². The smallest absolute Gasteiger partial charge is 1.00 e. The third-order valence-electron chi connectivity index (χ3n) is 6.37. The number of hydrogen-bond donors (Lipinski definition) is 0. The molecule has 0 atom stereocenters. The molecule has 0 unspecified atom stereocenters. The van der Waals surface area contributed by atoms with E-state index in [1.54, 1.807) is 11.1 Å². The molecule has 172 valence electrons. The van der Waals surface area contributed by atoms with E-state index in [0.29, 0.717) is 0 Å². The Labute approximate surface area is 226 Å². The van der Waals surface area contributed by atoms with E-state index in [2.05, 4.69) is 101 Å². The molecule has 0 radical (unpaired) electrons. The van der Waals surface area contributed by atoms with Gasteiger partial charge in [-0.05, 0) is 0 Å². The summed E-state index contributed by atoms with van der Waals surface area (Å²) in [4.78, 5) is 0. The molecule has 4 aliphatic carbocycles. The second-order valence-corrected chi connectivity index (χ2v) is 63.2. The zero-order valence-corrected chi connectivity index (χ0v) is 31.5. The maximum atomic E-state index is 2.57. The third kappa shape index (κ3) is 7.85. The van der Waals surface area contributed by atoms with Crippen LogP contribution < -0.4 is 24.8 Å². The summed E-state index contributed by atoms with van der Waals surface area (Å²) in [5, 5.41) is 0. The van der Waals surface area contributed by atoms with Gasteiger partial charge in [0.15, 0.2) is 0 Å². The third-order valence-corrected chi connectivity index (χ3v) is 62.0. The van der Waals surface area contributed by atoms with Gasteiger partial charge in [-0.25, -0.2) is 0 Å². The van der Waals surface area contributed by atoms with Gasteiger partial charge in [0.1, 0.15) is 0 Å². The first-order chi connectivity index (χ1) is 14.4. The normalized spacial score (nSPS) is 18.1. The fourth-order valence-electron chi connectivity index (χ4n) is 5.00. The summed E-state index contributed by atoms with van der Waals surface area (Å²) < 4.78 is 7.58. The van der Waals surface area contributed by atoms with Crippen molar-refractivity contribution in [1.29, 1.82) is 0 Å². The van der Waals surface area contributed by atoms with Gasteiger partial charge in [-0.1, -0.05) is 0 Å². The Morgan fingerprint density at radius 2 is 0.969 bits per heavy atom. The van der Waals surface area contributed by atoms with Crippen LogP contribution in [-0.2, 0) is 41.2 Å². The molecular weight excluding hydrogens is 796 g/mol. The van der Waals surface area contributed by atoms with E-state index in [0.717, 1.165) is 0 Å². The molecule has 0 aliphatic heterocycles. The number of rotatable bonds is 6. The van der Waals surface area contributed by atoms with Crippen LogP contribution in [0.15, 0.2) is 85.2 Å². The zero-order chi connectivity index (χ0) is 21.7. The van der Waals surface area contributed by atoms with Gasteiger partial charge in [0.25, 0.3) is 0 Å². The van der Waals surface area contributed by atoms with Crippen molar-refractivity contribution in [2.75, 3.05) is 0 Å². The summed E-state index contributed by atoms with van der Waals surface area (Å²) in [7, 11) is 0. The van der Waals surface area contributed by atoms with Crippen LogP contribution in [0.2, 0.25) is 26.2 Å². The van der Waals surface area contributed by atoms with Gasteiger partial charge in [-0.15, -0.1) is 0 Å². The van der Waals surface area contributed by atoms with Crippen molar-refractivity contribution >= 4 is 12.0 Å². The van der Waals surface area contributed by atoms with Gasteiger partial charge in [-0.2, -0.15) is 0 Å². The van der Waals surface area contributed by atoms with Crippen LogP contribution in [0.5, 0.6) is 0 Å². The summed E-state index contributed by atoms with van der Waals surface area (Å²) >= 11 is -3.05. The largest absolute Gasteiger partial charge is 1.00 e. The van der Waals surface area contributed by atoms with E-state index in [-0.39, 0.29) is 24.8 Å². The van der Waals surface area contributed by atoms with Crippen molar-refractivity contribution in [3.63, 3.8) is 0 Å². The maximum absolute atomic E-state index is 2.57. The second-order valence-electron chi connectivity index (χ2n) is 9.32. The maximum Gasteiger partial charge on any atom is -1.00 e. The van der Waals surface area contributed by atoms with Crippen molar-refractivity contribution in [2.24, 2.45) is 0 Å². The van der Waals surface area contributed by atoms with Crippen LogP contribution in [-0.4, -0.2) is 12.0 Å². The Balaban J connectivity index is 0.000000301. The first-order valence-corrected chi connectivity index (χ1v) is 37.0. The molecule has 6 heteroatoms. The Hall–Kier alpha value is 0.674. The van der Waals surface area contributed by atoms with Gasteiger partial charge >= 0.3 is 204 Å². The summed E-state index contributed by atoms with van der Waals surface area (Å²) in [5.74, 6) is -0.847. The summed E-state index contributed by atoms with van der Waals surface area (Å²) in [6, 6.07) is 0. The van der Waals surface area contributed by atoms with E-state index >= 15 is 0 Å². The summed E-state index contributed by atoms with van der Waals surface area (Å²) in [6.07, 6.45) is 28.7. The van der Waals surface area contributed by atoms with Crippen molar-refractivity contribution in [3.8, 4) is 0 Å². The molecule has 0 saturated carbocycles. The molecule has 0 aromatic carbocycles. The topological polar surface area (TPSA) is 0 Å². The SMILES string of the molecule is CC1=[C]([Hf+]([C]2=CC=CC2)[SiH](C)C)CC=C1.CC1=[C]([Hf+]([C]2=CC=CC2)[SiH](C)C)CC=C1.[Cl-].[Cl-]. The molecule has 0 heterocycles. The van der Waals surface area contributed by atoms with Gasteiger partial charge in [0, 0.05) is 0 Å². The molecule has 0 N–H and O–H groups in total. The molecule has 0 spiro atoms. The second kappa shape index (κ2) is 14.9. The zero-order valence-electron chi connectivity index (χ0n) is 20.5. The molecule has 0 saturated heterocycles. The summed E-state index contributed by atoms with van der Waals surface area (Å²) in [5.41, 5.74) is 3.23. The van der Waals surface area contributed by atoms with Crippen LogP contribution in [0.25, 0.3) is 0 Å². The minimum Gasteiger partial charge on any atom is -1.00 e. The monoisotopic (exact) mass is 836 g/mol. The van der Waals surface area contributed by atoms with E-state index in [1.807, 2.05) is 13.3 Å². The van der Waals surface area contributed by atoms with Crippen LogP contribution in [0.3, 0.4) is 0 Å². The fraction of sp³-hybridized carbons (Fsp3) is 0.385. The van der Waals surface area contributed by atoms with E-state index < -0.39 is 53.2 Å². The molecular formula is C26H38Cl2Hf2Si2. The van der Waals surface area contributed by atoms with Gasteiger partial charge in [0.2, 0.25) is 0 Å². The quantitative estimate of drug-likeness (QED) is 0.355. The van der Waals surface area contributed by atoms with Crippen molar-refractivity contribution < 1.29 is 66.0 Å². The number of allylic oxidation sites excluding steroid dienone is 16. The Morgan fingerprint density at radius 1 is 0.594 bits per heavy atom. The standard InChI is InChI=1S/2C6H7.2C5H5.2C2H7Si.2ClH.2Hf/c2*1-6-4-2-3-5-6;2*1-2-4-5-3-1;2*1-3-2;;;;/h2*2,4H,3H2,1H3;2*1-3H,4H2;2*3H,1-2H3;2*1H;;/q;;;;;;;;2*+1/p-2. The van der Waals surface area contributed by atoms with Crippen LogP contribution >= 0.6 is 0 Å². The van der Waals surface area contributed by atoms with E-state index in [4.69, 9.17) is 0 Å². The average Bonchev–Trinajstić information content (AvgIpc) is 3.48. The Morgan fingerprint density at radius 3 is 1.19 bits per heavy atom. The van der Waals surface area contributed by atoms with Crippen LogP contribution in [0.4, 0.5) is 0 Å². The van der Waals surface area contributed by atoms with Gasteiger partial charge in [-0.3, -0.25) is 0 Å². The number of hydrogen-bond acceptors (Lipinski definition) is 0. The molecule has 0 fully saturated rings. The number of halogens is 2. The molecule has 0 aromatic heterocycles. The Kier molecular flexibility index (Phi) is 14.3. The van der Waals surface area contributed by atoms with Gasteiger partial charge < -0.3 is 24.8 Å². The molecule has 4 aliphatic rings. The van der Waals surface area contributed by atoms with E-state index in [1.165, 1.54) is 25.7 Å². The Bertz CT molecular complexity index is 829. The van der Waals surface area contributed by atoms with E-state index in [9.17, 15) is 0 Å². The van der Waals surface area contributed by atoms with Crippen LogP contribution in [0.1, 0.15) is 39.5 Å². The molecule has 0 aromatic rings. The average molecular weight is 835 g/mol. The first kappa shape index (κ1) is 30.7. The minimum absolute atomic E-state index is 0. The molecule has 4 rings (SSSR count). The summed E-state index contributed by atoms with van der Waals surface area (Å²) in [6.45, 7) is 14.9. The van der Waals surface area contributed by atoms with Crippen molar-refractivity contribution in [3.05, 3.63) is 85.2 Å². The fourth-order valence-corrected chi connectivity index (χ4v) is 61.3. The molecule has 0 nitrogen and oxygen atoms in total. The van der Waals surface area contributed by atoms with Gasteiger partial charge in [0.05, 0.1) is 0 Å². The van der Waals surface area contributed by atoms with Crippen molar-refractivity contribution in [2.45, 2.75) is 65.7 Å². The van der Waals surface area contributed by atoms with Crippen LogP contribution in [0, 0.1) is 0 Å². The molecule has 0 amide bonds. The molecule has 32 heavy (non-hydrogen) atoms. The first-order valence-electron chi connectivity index (χ1n) is 11.6. The minimum atomic E-state index is -1.52. The predicted molar refractivity (Wildman–Crippen MR) is 134 cm³/mol.